The first kappa shape index (κ1) is 14.8. The quantitative estimate of drug-likeness (QED) is 0.457. The van der Waals surface area contributed by atoms with Crippen molar-refractivity contribution in [3.8, 4) is 0 Å². The summed E-state index contributed by atoms with van der Waals surface area (Å²) in [6.07, 6.45) is 1.87. The van der Waals surface area contributed by atoms with Crippen LogP contribution in [0.2, 0.25) is 5.02 Å². The SMILES string of the molecule is CCCSCC(Cc1ccc(F)cc1Cl)NN. The summed E-state index contributed by atoms with van der Waals surface area (Å²) in [6.45, 7) is 2.15. The first-order valence-corrected chi connectivity index (χ1v) is 7.18. The molecule has 1 aromatic carbocycles. The third kappa shape index (κ3) is 5.25. The maximum Gasteiger partial charge on any atom is 0.124 e. The Balaban J connectivity index is 2.54. The number of hydrogen-bond acceptors (Lipinski definition) is 3. The van der Waals surface area contributed by atoms with Gasteiger partial charge in [0, 0.05) is 16.8 Å². The number of halogens is 2. The molecule has 0 bridgehead atoms. The van der Waals surface area contributed by atoms with E-state index < -0.39 is 0 Å². The third-order valence-corrected chi connectivity index (χ3v) is 4.07. The molecule has 2 nitrogen and oxygen atoms in total. The number of rotatable bonds is 7. The van der Waals surface area contributed by atoms with Crippen molar-refractivity contribution in [3.05, 3.63) is 34.6 Å². The molecule has 1 unspecified atom stereocenters. The minimum absolute atomic E-state index is 0.162. The number of nitrogens with two attached hydrogens (primary N) is 1. The summed E-state index contributed by atoms with van der Waals surface area (Å²) in [5.74, 6) is 7.24. The Hall–Kier alpha value is -0.290. The molecule has 0 aromatic heterocycles. The van der Waals surface area contributed by atoms with E-state index in [-0.39, 0.29) is 11.9 Å². The van der Waals surface area contributed by atoms with Gasteiger partial charge in [-0.3, -0.25) is 11.3 Å². The highest BCUT2D eigenvalue weighted by Gasteiger charge is 2.10. The predicted molar refractivity (Wildman–Crippen MR) is 73.8 cm³/mol. The van der Waals surface area contributed by atoms with Gasteiger partial charge in [0.25, 0.3) is 0 Å². The van der Waals surface area contributed by atoms with Gasteiger partial charge in [-0.15, -0.1) is 0 Å². The normalized spacial score (nSPS) is 12.7. The molecule has 1 atom stereocenters. The highest BCUT2D eigenvalue weighted by molar-refractivity contribution is 7.99. The minimum Gasteiger partial charge on any atom is -0.271 e. The van der Waals surface area contributed by atoms with Crippen LogP contribution in [0.15, 0.2) is 18.2 Å². The lowest BCUT2D eigenvalue weighted by atomic mass is 10.1. The van der Waals surface area contributed by atoms with Crippen LogP contribution in [0.5, 0.6) is 0 Å². The second-order valence-electron chi connectivity index (χ2n) is 3.88. The van der Waals surface area contributed by atoms with Crippen LogP contribution >= 0.6 is 23.4 Å². The summed E-state index contributed by atoms with van der Waals surface area (Å²) < 4.78 is 12.9. The smallest absolute Gasteiger partial charge is 0.124 e. The molecule has 0 heterocycles. The highest BCUT2D eigenvalue weighted by atomic mass is 35.5. The Morgan fingerprint density at radius 2 is 2.29 bits per heavy atom. The average Bonchev–Trinajstić information content (AvgIpc) is 2.31. The fourth-order valence-corrected chi connectivity index (χ4v) is 2.69. The van der Waals surface area contributed by atoms with E-state index in [0.717, 1.165) is 23.5 Å². The van der Waals surface area contributed by atoms with Crippen LogP contribution in [0.4, 0.5) is 4.39 Å². The van der Waals surface area contributed by atoms with Crippen molar-refractivity contribution in [2.75, 3.05) is 11.5 Å². The van der Waals surface area contributed by atoms with Gasteiger partial charge in [0.1, 0.15) is 5.82 Å². The van der Waals surface area contributed by atoms with Crippen LogP contribution in [-0.4, -0.2) is 17.5 Å². The first-order valence-electron chi connectivity index (χ1n) is 5.65. The standard InChI is InChI=1S/C12H18ClFN2S/c1-2-5-17-8-11(16-15)6-9-3-4-10(14)7-12(9)13/h3-4,7,11,16H,2,5-6,8,15H2,1H3. The zero-order chi connectivity index (χ0) is 12.7. The van der Waals surface area contributed by atoms with Crippen molar-refractivity contribution in [1.29, 1.82) is 0 Å². The topological polar surface area (TPSA) is 38.0 Å². The summed E-state index contributed by atoms with van der Waals surface area (Å²) in [7, 11) is 0. The maximum absolute atomic E-state index is 12.9. The average molecular weight is 277 g/mol. The highest BCUT2D eigenvalue weighted by Crippen LogP contribution is 2.19. The lowest BCUT2D eigenvalue weighted by Crippen LogP contribution is -2.38. The zero-order valence-corrected chi connectivity index (χ0v) is 11.5. The second-order valence-corrected chi connectivity index (χ2v) is 5.44. The summed E-state index contributed by atoms with van der Waals surface area (Å²) in [6, 6.07) is 4.64. The molecule has 0 amide bonds. The van der Waals surface area contributed by atoms with Crippen LogP contribution < -0.4 is 11.3 Å². The van der Waals surface area contributed by atoms with Gasteiger partial charge in [-0.1, -0.05) is 24.6 Å². The molecule has 0 spiro atoms. The number of hydrogen-bond donors (Lipinski definition) is 2. The molecule has 3 N–H and O–H groups in total. The van der Waals surface area contributed by atoms with Crippen molar-refractivity contribution in [1.82, 2.24) is 5.43 Å². The van der Waals surface area contributed by atoms with Gasteiger partial charge in [-0.2, -0.15) is 11.8 Å². The van der Waals surface area contributed by atoms with E-state index in [0.29, 0.717) is 11.4 Å². The Kier molecular flexibility index (Phi) is 6.89. The van der Waals surface area contributed by atoms with Gasteiger partial charge in [0.05, 0.1) is 0 Å². The van der Waals surface area contributed by atoms with Crippen molar-refractivity contribution in [2.45, 2.75) is 25.8 Å². The number of hydrazine groups is 1. The van der Waals surface area contributed by atoms with Crippen LogP contribution in [0, 0.1) is 5.82 Å². The number of thioether (sulfide) groups is 1. The molecular weight excluding hydrogens is 259 g/mol. The first-order chi connectivity index (χ1) is 8.17. The second kappa shape index (κ2) is 7.93. The van der Waals surface area contributed by atoms with Crippen LogP contribution in [-0.2, 0) is 6.42 Å². The molecular formula is C12H18ClFN2S. The Morgan fingerprint density at radius 1 is 1.53 bits per heavy atom. The monoisotopic (exact) mass is 276 g/mol. The summed E-state index contributed by atoms with van der Waals surface area (Å²) in [5, 5.41) is 0.464. The molecule has 0 saturated heterocycles. The largest absolute Gasteiger partial charge is 0.271 e. The molecule has 0 aliphatic rings. The predicted octanol–water partition coefficient (Wildman–Crippen LogP) is 3.00. The Bertz CT molecular complexity index is 349. The van der Waals surface area contributed by atoms with Gasteiger partial charge in [-0.05, 0) is 36.3 Å². The number of benzene rings is 1. The van der Waals surface area contributed by atoms with E-state index in [4.69, 9.17) is 17.4 Å². The molecule has 0 radical (unpaired) electrons. The summed E-state index contributed by atoms with van der Waals surface area (Å²) in [4.78, 5) is 0. The van der Waals surface area contributed by atoms with E-state index in [9.17, 15) is 4.39 Å². The van der Waals surface area contributed by atoms with Crippen molar-refractivity contribution < 1.29 is 4.39 Å². The third-order valence-electron chi connectivity index (χ3n) is 2.38. The van der Waals surface area contributed by atoms with Crippen LogP contribution in [0.3, 0.4) is 0 Å². The van der Waals surface area contributed by atoms with E-state index in [1.54, 1.807) is 6.07 Å². The van der Waals surface area contributed by atoms with Gasteiger partial charge in [-0.25, -0.2) is 4.39 Å². The maximum atomic E-state index is 12.9. The van der Waals surface area contributed by atoms with E-state index >= 15 is 0 Å². The van der Waals surface area contributed by atoms with Crippen molar-refractivity contribution in [2.24, 2.45) is 5.84 Å². The minimum atomic E-state index is -0.309. The van der Waals surface area contributed by atoms with Crippen molar-refractivity contribution in [3.63, 3.8) is 0 Å². The molecule has 1 aromatic rings. The molecule has 0 saturated carbocycles. The van der Waals surface area contributed by atoms with Gasteiger partial charge >= 0.3 is 0 Å². The lowest BCUT2D eigenvalue weighted by molar-refractivity contribution is 0.573. The molecule has 96 valence electrons. The van der Waals surface area contributed by atoms with E-state index in [2.05, 4.69) is 12.3 Å². The lowest BCUT2D eigenvalue weighted by Gasteiger charge is -2.16. The fraction of sp³-hybridized carbons (Fsp3) is 0.500. The molecule has 0 aliphatic heterocycles. The van der Waals surface area contributed by atoms with Gasteiger partial charge < -0.3 is 0 Å². The molecule has 17 heavy (non-hydrogen) atoms. The van der Waals surface area contributed by atoms with E-state index in [1.807, 2.05) is 11.8 Å². The number of nitrogens with one attached hydrogen (secondary N) is 1. The van der Waals surface area contributed by atoms with Gasteiger partial charge in [0.2, 0.25) is 0 Å². The zero-order valence-electron chi connectivity index (χ0n) is 9.88. The van der Waals surface area contributed by atoms with Crippen LogP contribution in [0.1, 0.15) is 18.9 Å². The van der Waals surface area contributed by atoms with Crippen LogP contribution in [0.25, 0.3) is 0 Å². The Labute approximate surface area is 111 Å². The van der Waals surface area contributed by atoms with E-state index in [1.165, 1.54) is 12.1 Å². The molecule has 1 rings (SSSR count). The molecule has 0 fully saturated rings. The summed E-state index contributed by atoms with van der Waals surface area (Å²) in [5.41, 5.74) is 3.70. The van der Waals surface area contributed by atoms with Crippen molar-refractivity contribution >= 4 is 23.4 Å². The molecule has 0 aliphatic carbocycles. The van der Waals surface area contributed by atoms with Gasteiger partial charge in [0.15, 0.2) is 0 Å². The summed E-state index contributed by atoms with van der Waals surface area (Å²) >= 11 is 7.83. The fourth-order valence-electron chi connectivity index (χ4n) is 1.49. The molecule has 5 heteroatoms. The Morgan fingerprint density at radius 3 is 2.88 bits per heavy atom.